The minimum absolute atomic E-state index is 0.0319. The molecule has 0 saturated heterocycles. The third-order valence-electron chi connectivity index (χ3n) is 2.94. The van der Waals surface area contributed by atoms with Crippen LogP contribution in [0, 0.1) is 13.8 Å². The van der Waals surface area contributed by atoms with Crippen molar-refractivity contribution in [2.24, 2.45) is 0 Å². The van der Waals surface area contributed by atoms with Crippen molar-refractivity contribution in [1.29, 1.82) is 0 Å². The highest BCUT2D eigenvalue weighted by Gasteiger charge is 2.16. The molecular weight excluding hydrogens is 272 g/mol. The van der Waals surface area contributed by atoms with E-state index >= 15 is 0 Å². The lowest BCUT2D eigenvalue weighted by atomic mass is 10.0. The number of methoxy groups -OCH3 is 1. The zero-order chi connectivity index (χ0) is 16.0. The Labute approximate surface area is 124 Å². The number of carbonyl (C=O) groups excluding carboxylic acids is 2. The normalized spacial score (nSPS) is 11.3. The minimum atomic E-state index is -0.678. The van der Waals surface area contributed by atoms with Crippen LogP contribution in [0.3, 0.4) is 0 Å². The molecule has 0 aliphatic carbocycles. The van der Waals surface area contributed by atoms with Gasteiger partial charge in [0.05, 0.1) is 6.61 Å². The van der Waals surface area contributed by atoms with Gasteiger partial charge in [0.1, 0.15) is 17.9 Å². The molecule has 0 aliphatic heterocycles. The number of Topliss-reactive ketones (excluding diaryl/α,β-unsaturated/α-hetero) is 1. The molecule has 1 N–H and O–H groups in total. The first kappa shape index (κ1) is 16.9. The summed E-state index contributed by atoms with van der Waals surface area (Å²) in [6.07, 6.45) is 1.47. The van der Waals surface area contributed by atoms with E-state index in [0.29, 0.717) is 16.7 Å². The van der Waals surface area contributed by atoms with Crippen molar-refractivity contribution < 1.29 is 24.2 Å². The summed E-state index contributed by atoms with van der Waals surface area (Å²) in [5.41, 5.74) is 1.99. The van der Waals surface area contributed by atoms with Crippen molar-refractivity contribution in [2.75, 3.05) is 20.3 Å². The fourth-order valence-corrected chi connectivity index (χ4v) is 1.84. The largest absolute Gasteiger partial charge is 0.507 e. The molecule has 0 bridgehead atoms. The summed E-state index contributed by atoms with van der Waals surface area (Å²) in [5, 5.41) is 9.73. The Bertz CT molecular complexity index is 549. The number of hydrogen-bond acceptors (Lipinski definition) is 5. The molecular formula is C16H20O5. The molecule has 1 rings (SSSR count). The lowest BCUT2D eigenvalue weighted by molar-refractivity contribution is -0.141. The number of rotatable bonds is 6. The number of phenolic OH excluding ortho intramolecular Hbond substituents is 1. The van der Waals surface area contributed by atoms with Crippen molar-refractivity contribution in [1.82, 2.24) is 0 Å². The highest BCUT2D eigenvalue weighted by Crippen LogP contribution is 2.24. The van der Waals surface area contributed by atoms with E-state index < -0.39 is 5.97 Å². The van der Waals surface area contributed by atoms with Crippen LogP contribution in [0.15, 0.2) is 17.7 Å². The monoisotopic (exact) mass is 292 g/mol. The van der Waals surface area contributed by atoms with Crippen molar-refractivity contribution in [3.05, 3.63) is 34.4 Å². The van der Waals surface area contributed by atoms with Gasteiger partial charge in [-0.2, -0.15) is 0 Å². The highest BCUT2D eigenvalue weighted by molar-refractivity contribution is 6.19. The maximum Gasteiger partial charge on any atom is 0.341 e. The van der Waals surface area contributed by atoms with Crippen LogP contribution >= 0.6 is 0 Å². The molecule has 0 radical (unpaired) electrons. The van der Waals surface area contributed by atoms with E-state index in [1.807, 2.05) is 0 Å². The molecule has 0 aromatic heterocycles. The Hall–Kier alpha value is -2.14. The van der Waals surface area contributed by atoms with E-state index in [2.05, 4.69) is 0 Å². The fourth-order valence-electron chi connectivity index (χ4n) is 1.84. The van der Waals surface area contributed by atoms with Crippen molar-refractivity contribution in [2.45, 2.75) is 20.8 Å². The molecule has 0 spiro atoms. The summed E-state index contributed by atoms with van der Waals surface area (Å²) in [6.45, 7) is 5.18. The average Bonchev–Trinajstić information content (AvgIpc) is 2.41. The lowest BCUT2D eigenvalue weighted by Crippen LogP contribution is -2.16. The number of phenols is 1. The Kier molecular flexibility index (Phi) is 6.11. The fraction of sp³-hybridized carbons (Fsp3) is 0.375. The predicted octanol–water partition coefficient (Wildman–Crippen LogP) is 2.17. The van der Waals surface area contributed by atoms with Crippen LogP contribution in [-0.4, -0.2) is 37.2 Å². The molecule has 0 atom stereocenters. The lowest BCUT2D eigenvalue weighted by Gasteiger charge is -2.08. The quantitative estimate of drug-likeness (QED) is 0.286. The van der Waals surface area contributed by atoms with E-state index in [0.717, 1.165) is 0 Å². The molecule has 0 saturated carbocycles. The van der Waals surface area contributed by atoms with Crippen LogP contribution in [0.1, 0.15) is 23.6 Å². The van der Waals surface area contributed by atoms with E-state index in [1.165, 1.54) is 20.1 Å². The zero-order valence-electron chi connectivity index (χ0n) is 12.7. The first-order chi connectivity index (χ1) is 9.86. The van der Waals surface area contributed by atoms with Crippen LogP contribution in [0.25, 0.3) is 6.08 Å². The second kappa shape index (κ2) is 7.59. The first-order valence-corrected chi connectivity index (χ1v) is 6.55. The summed E-state index contributed by atoms with van der Waals surface area (Å²) >= 11 is 0. The Morgan fingerprint density at radius 3 is 2.24 bits per heavy atom. The van der Waals surface area contributed by atoms with Gasteiger partial charge in [-0.1, -0.05) is 0 Å². The van der Waals surface area contributed by atoms with Crippen LogP contribution in [0.2, 0.25) is 0 Å². The zero-order valence-corrected chi connectivity index (χ0v) is 12.7. The van der Waals surface area contributed by atoms with E-state index in [9.17, 15) is 14.7 Å². The Balaban J connectivity index is 3.05. The maximum atomic E-state index is 11.9. The Morgan fingerprint density at radius 2 is 1.76 bits per heavy atom. The molecule has 0 aliphatic rings. The van der Waals surface area contributed by atoms with Gasteiger partial charge >= 0.3 is 5.97 Å². The third-order valence-corrected chi connectivity index (χ3v) is 2.94. The molecule has 114 valence electrons. The molecule has 0 unspecified atom stereocenters. The van der Waals surface area contributed by atoms with Gasteiger partial charge in [0.2, 0.25) is 0 Å². The van der Waals surface area contributed by atoms with Gasteiger partial charge in [0.15, 0.2) is 5.78 Å². The van der Waals surface area contributed by atoms with Crippen molar-refractivity contribution in [3.63, 3.8) is 0 Å². The summed E-state index contributed by atoms with van der Waals surface area (Å²) in [5.74, 6) is -0.845. The van der Waals surface area contributed by atoms with Gasteiger partial charge in [0.25, 0.3) is 0 Å². The van der Waals surface area contributed by atoms with Crippen molar-refractivity contribution in [3.8, 4) is 5.75 Å². The van der Waals surface area contributed by atoms with Gasteiger partial charge < -0.3 is 14.6 Å². The number of hydrogen-bond donors (Lipinski definition) is 1. The molecule has 0 fully saturated rings. The van der Waals surface area contributed by atoms with Gasteiger partial charge in [0, 0.05) is 7.11 Å². The molecule has 5 heteroatoms. The third kappa shape index (κ3) is 4.72. The SMILES string of the molecule is COCCOC(=O)/C(=C/c1cc(C)c(O)c(C)c1)C(C)=O. The number of ether oxygens (including phenoxy) is 2. The molecule has 0 heterocycles. The number of benzene rings is 1. The van der Waals surface area contributed by atoms with Crippen molar-refractivity contribution >= 4 is 17.8 Å². The first-order valence-electron chi connectivity index (χ1n) is 6.55. The van der Waals surface area contributed by atoms with Gasteiger partial charge in [-0.05, 0) is 55.7 Å². The van der Waals surface area contributed by atoms with Crippen LogP contribution in [0.4, 0.5) is 0 Å². The standard InChI is InChI=1S/C16H20O5/c1-10-7-13(8-11(2)15(10)18)9-14(12(3)17)16(19)21-6-5-20-4/h7-9,18H,5-6H2,1-4H3/b14-9+. The molecule has 0 amide bonds. The number of esters is 1. The van der Waals surface area contributed by atoms with Gasteiger partial charge in [-0.25, -0.2) is 4.79 Å². The molecule has 1 aromatic rings. The summed E-state index contributed by atoms with van der Waals surface area (Å²) in [7, 11) is 1.50. The van der Waals surface area contributed by atoms with Crippen LogP contribution in [0.5, 0.6) is 5.75 Å². The van der Waals surface area contributed by atoms with E-state index in [-0.39, 0.29) is 30.3 Å². The summed E-state index contributed by atoms with van der Waals surface area (Å²) in [4.78, 5) is 23.5. The number of aryl methyl sites for hydroxylation is 2. The smallest absolute Gasteiger partial charge is 0.341 e. The molecule has 21 heavy (non-hydrogen) atoms. The summed E-state index contributed by atoms with van der Waals surface area (Å²) in [6, 6.07) is 3.40. The summed E-state index contributed by atoms with van der Waals surface area (Å²) < 4.78 is 9.75. The maximum absolute atomic E-state index is 11.9. The van der Waals surface area contributed by atoms with E-state index in [4.69, 9.17) is 9.47 Å². The van der Waals surface area contributed by atoms with Gasteiger partial charge in [-0.3, -0.25) is 4.79 Å². The Morgan fingerprint density at radius 1 is 1.19 bits per heavy atom. The number of carbonyl (C=O) groups is 2. The van der Waals surface area contributed by atoms with Crippen LogP contribution in [-0.2, 0) is 19.1 Å². The van der Waals surface area contributed by atoms with E-state index in [1.54, 1.807) is 26.0 Å². The second-order valence-corrected chi connectivity index (χ2v) is 4.75. The topological polar surface area (TPSA) is 72.8 Å². The minimum Gasteiger partial charge on any atom is -0.507 e. The van der Waals surface area contributed by atoms with Gasteiger partial charge in [-0.15, -0.1) is 0 Å². The molecule has 1 aromatic carbocycles. The second-order valence-electron chi connectivity index (χ2n) is 4.75. The average molecular weight is 292 g/mol. The number of ketones is 1. The van der Waals surface area contributed by atoms with Crippen LogP contribution < -0.4 is 0 Å². The highest BCUT2D eigenvalue weighted by atomic mass is 16.6. The number of aromatic hydroxyl groups is 1. The molecule has 5 nitrogen and oxygen atoms in total. The predicted molar refractivity (Wildman–Crippen MR) is 79.1 cm³/mol.